The lowest BCUT2D eigenvalue weighted by Crippen LogP contribution is -2.47. The maximum atomic E-state index is 11.9. The van der Waals surface area contributed by atoms with Crippen LogP contribution >= 0.6 is 12.2 Å². The smallest absolute Gasteiger partial charge is 0.264 e. The molecule has 22 heavy (non-hydrogen) atoms. The van der Waals surface area contributed by atoms with Crippen LogP contribution < -0.4 is 10.1 Å². The summed E-state index contributed by atoms with van der Waals surface area (Å²) in [5.41, 5.74) is 1.25. The Kier molecular flexibility index (Phi) is 6.19. The minimum atomic E-state index is -0.205. The van der Waals surface area contributed by atoms with E-state index in [2.05, 4.69) is 24.1 Å². The number of nitrogens with zero attached hydrogens (tertiary/aromatic N) is 1. The van der Waals surface area contributed by atoms with E-state index in [1.54, 1.807) is 0 Å². The molecular formula is C17H24N2O2S. The number of aryl methyl sites for hydroxylation is 1. The van der Waals surface area contributed by atoms with Gasteiger partial charge in [-0.25, -0.2) is 0 Å². The molecule has 0 atom stereocenters. The van der Waals surface area contributed by atoms with Crippen molar-refractivity contribution in [1.82, 2.24) is 10.2 Å². The molecule has 1 fully saturated rings. The Hall–Kier alpha value is -1.62. The number of carbonyl (C=O) groups is 1. The van der Waals surface area contributed by atoms with E-state index in [-0.39, 0.29) is 12.5 Å². The third-order valence-electron chi connectivity index (χ3n) is 4.02. The minimum absolute atomic E-state index is 0.0180. The molecular weight excluding hydrogens is 296 g/mol. The number of carbonyl (C=O) groups excluding carboxylic acids is 1. The summed E-state index contributed by atoms with van der Waals surface area (Å²) >= 11 is 5.29. The van der Waals surface area contributed by atoms with Gasteiger partial charge in [0.2, 0.25) is 0 Å². The molecule has 2 rings (SSSR count). The molecule has 0 unspecified atom stereocenters. The van der Waals surface area contributed by atoms with Crippen molar-refractivity contribution in [3.63, 3.8) is 0 Å². The van der Waals surface area contributed by atoms with E-state index < -0.39 is 0 Å². The van der Waals surface area contributed by atoms with E-state index in [1.165, 1.54) is 5.56 Å². The van der Waals surface area contributed by atoms with Crippen molar-refractivity contribution in [2.24, 2.45) is 5.92 Å². The highest BCUT2D eigenvalue weighted by Gasteiger charge is 2.19. The number of nitrogens with one attached hydrogen (secondary N) is 1. The van der Waals surface area contributed by atoms with Crippen LogP contribution in [0.2, 0.25) is 0 Å². The predicted molar refractivity (Wildman–Crippen MR) is 92.0 cm³/mol. The van der Waals surface area contributed by atoms with Crippen molar-refractivity contribution in [3.05, 3.63) is 29.8 Å². The van der Waals surface area contributed by atoms with E-state index in [0.29, 0.717) is 10.9 Å². The number of amides is 1. The maximum absolute atomic E-state index is 11.9. The lowest BCUT2D eigenvalue weighted by Gasteiger charge is -2.32. The van der Waals surface area contributed by atoms with E-state index >= 15 is 0 Å². The monoisotopic (exact) mass is 320 g/mol. The molecule has 0 spiro atoms. The summed E-state index contributed by atoms with van der Waals surface area (Å²) in [5.74, 6) is 1.23. The van der Waals surface area contributed by atoms with Crippen LogP contribution in [0, 0.1) is 5.92 Å². The summed E-state index contributed by atoms with van der Waals surface area (Å²) in [6.45, 7) is 6.16. The Morgan fingerprint density at radius 2 is 1.95 bits per heavy atom. The van der Waals surface area contributed by atoms with Gasteiger partial charge in [0.05, 0.1) is 0 Å². The van der Waals surface area contributed by atoms with E-state index in [9.17, 15) is 4.79 Å². The van der Waals surface area contributed by atoms with Crippen LogP contribution in [0.15, 0.2) is 24.3 Å². The van der Waals surface area contributed by atoms with Crippen LogP contribution in [-0.4, -0.2) is 35.6 Å². The molecule has 0 aromatic heterocycles. The average molecular weight is 320 g/mol. The number of benzene rings is 1. The summed E-state index contributed by atoms with van der Waals surface area (Å²) in [6.07, 6.45) is 3.23. The molecule has 0 saturated carbocycles. The van der Waals surface area contributed by atoms with Crippen molar-refractivity contribution in [1.29, 1.82) is 0 Å². The van der Waals surface area contributed by atoms with Crippen molar-refractivity contribution in [2.45, 2.75) is 33.1 Å². The largest absolute Gasteiger partial charge is 0.484 e. The number of piperidine rings is 1. The second-order valence-corrected chi connectivity index (χ2v) is 6.20. The average Bonchev–Trinajstić information content (AvgIpc) is 2.54. The van der Waals surface area contributed by atoms with Gasteiger partial charge in [-0.05, 0) is 55.1 Å². The zero-order chi connectivity index (χ0) is 15.9. The molecule has 4 nitrogen and oxygen atoms in total. The Labute approximate surface area is 137 Å². The van der Waals surface area contributed by atoms with Crippen molar-refractivity contribution < 1.29 is 9.53 Å². The second-order valence-electron chi connectivity index (χ2n) is 5.81. The number of hydrogen-bond donors (Lipinski definition) is 1. The normalized spacial score (nSPS) is 15.5. The number of hydrogen-bond acceptors (Lipinski definition) is 3. The van der Waals surface area contributed by atoms with Gasteiger partial charge in [0.15, 0.2) is 11.7 Å². The Bertz CT molecular complexity index is 508. The summed E-state index contributed by atoms with van der Waals surface area (Å²) in [6, 6.07) is 7.78. The fourth-order valence-corrected chi connectivity index (χ4v) is 2.71. The molecule has 1 aliphatic rings. The van der Waals surface area contributed by atoms with Crippen LogP contribution in [0.4, 0.5) is 0 Å². The van der Waals surface area contributed by atoms with Crippen LogP contribution in [0.5, 0.6) is 5.75 Å². The van der Waals surface area contributed by atoms with Crippen LogP contribution in [0.1, 0.15) is 32.3 Å². The molecule has 120 valence electrons. The first-order valence-corrected chi connectivity index (χ1v) is 8.29. The third-order valence-corrected chi connectivity index (χ3v) is 4.38. The highest BCUT2D eigenvalue weighted by atomic mass is 32.1. The number of likely N-dealkylation sites (tertiary alicyclic amines) is 1. The Morgan fingerprint density at radius 1 is 1.32 bits per heavy atom. The van der Waals surface area contributed by atoms with E-state index in [1.807, 2.05) is 24.3 Å². The molecule has 1 amide bonds. The van der Waals surface area contributed by atoms with Crippen molar-refractivity contribution in [3.8, 4) is 5.75 Å². The highest BCUT2D eigenvalue weighted by molar-refractivity contribution is 7.80. The fourth-order valence-electron chi connectivity index (χ4n) is 2.42. The first kappa shape index (κ1) is 16.7. The summed E-state index contributed by atoms with van der Waals surface area (Å²) < 4.78 is 5.48. The summed E-state index contributed by atoms with van der Waals surface area (Å²) in [7, 11) is 0. The van der Waals surface area contributed by atoms with Gasteiger partial charge in [-0.1, -0.05) is 26.0 Å². The standard InChI is InChI=1S/C17H24N2O2S/c1-3-14-4-6-15(7-5-14)21-12-16(20)18-17(22)19-10-8-13(2)9-11-19/h4-7,13H,3,8-12H2,1-2H3,(H,18,20,22). The topological polar surface area (TPSA) is 41.6 Å². The molecule has 0 aliphatic carbocycles. The van der Waals surface area contributed by atoms with Gasteiger partial charge >= 0.3 is 0 Å². The molecule has 0 bridgehead atoms. The molecule has 1 aliphatic heterocycles. The van der Waals surface area contributed by atoms with Crippen LogP contribution in [-0.2, 0) is 11.2 Å². The van der Waals surface area contributed by atoms with Gasteiger partial charge in [-0.2, -0.15) is 0 Å². The molecule has 5 heteroatoms. The van der Waals surface area contributed by atoms with Gasteiger partial charge in [0, 0.05) is 13.1 Å². The number of rotatable bonds is 4. The van der Waals surface area contributed by atoms with Gasteiger partial charge in [-0.15, -0.1) is 0 Å². The quantitative estimate of drug-likeness (QED) is 0.866. The third kappa shape index (κ3) is 4.98. The number of ether oxygens (including phenoxy) is 1. The SMILES string of the molecule is CCc1ccc(OCC(=O)NC(=S)N2CCC(C)CC2)cc1. The fraction of sp³-hybridized carbons (Fsp3) is 0.529. The van der Waals surface area contributed by atoms with Crippen molar-refractivity contribution in [2.75, 3.05) is 19.7 Å². The number of thiocarbonyl (C=S) groups is 1. The first-order valence-electron chi connectivity index (χ1n) is 7.89. The highest BCUT2D eigenvalue weighted by Crippen LogP contribution is 2.16. The molecule has 1 saturated heterocycles. The predicted octanol–water partition coefficient (Wildman–Crippen LogP) is 2.76. The van der Waals surface area contributed by atoms with Gasteiger partial charge in [0.25, 0.3) is 5.91 Å². The second kappa shape index (κ2) is 8.13. The molecule has 1 aromatic carbocycles. The molecule has 1 heterocycles. The Balaban J connectivity index is 1.73. The van der Waals surface area contributed by atoms with E-state index in [4.69, 9.17) is 17.0 Å². The minimum Gasteiger partial charge on any atom is -0.484 e. The van der Waals surface area contributed by atoms with Gasteiger partial charge < -0.3 is 15.0 Å². The maximum Gasteiger partial charge on any atom is 0.264 e. The zero-order valence-corrected chi connectivity index (χ0v) is 14.1. The summed E-state index contributed by atoms with van der Waals surface area (Å²) in [5, 5.41) is 3.27. The lowest BCUT2D eigenvalue weighted by molar-refractivity contribution is -0.121. The molecule has 0 radical (unpaired) electrons. The van der Waals surface area contributed by atoms with Gasteiger partial charge in [0.1, 0.15) is 5.75 Å². The molecule has 1 N–H and O–H groups in total. The van der Waals surface area contributed by atoms with Crippen LogP contribution in [0.3, 0.4) is 0 Å². The van der Waals surface area contributed by atoms with Crippen molar-refractivity contribution >= 4 is 23.2 Å². The zero-order valence-electron chi connectivity index (χ0n) is 13.3. The van der Waals surface area contributed by atoms with Crippen LogP contribution in [0.25, 0.3) is 0 Å². The lowest BCUT2D eigenvalue weighted by atomic mass is 10.00. The summed E-state index contributed by atoms with van der Waals surface area (Å²) in [4.78, 5) is 14.0. The van der Waals surface area contributed by atoms with E-state index in [0.717, 1.165) is 38.3 Å². The Morgan fingerprint density at radius 3 is 2.55 bits per heavy atom. The first-order chi connectivity index (χ1) is 10.6. The van der Waals surface area contributed by atoms with Gasteiger partial charge in [-0.3, -0.25) is 4.79 Å². The molecule has 1 aromatic rings.